The minimum Gasteiger partial charge on any atom is -0.488 e. The number of ketones is 1. The van der Waals surface area contributed by atoms with Crippen LogP contribution in [0, 0.1) is 0 Å². The Bertz CT molecular complexity index is 489. The van der Waals surface area contributed by atoms with Crippen LogP contribution < -0.4 is 4.74 Å². The number of carbonyl (C=O) groups is 1. The van der Waals surface area contributed by atoms with E-state index in [1.807, 2.05) is 0 Å². The van der Waals surface area contributed by atoms with Gasteiger partial charge in [-0.05, 0) is 19.1 Å². The van der Waals surface area contributed by atoms with Crippen LogP contribution in [-0.4, -0.2) is 29.8 Å². The highest BCUT2D eigenvalue weighted by Crippen LogP contribution is 2.36. The Labute approximate surface area is 116 Å². The maximum Gasteiger partial charge on any atom is 0.417 e. The van der Waals surface area contributed by atoms with Crippen LogP contribution in [0.15, 0.2) is 12.1 Å². The first-order valence-corrected chi connectivity index (χ1v) is 5.76. The molecule has 0 aliphatic rings. The van der Waals surface area contributed by atoms with Gasteiger partial charge in [-0.15, -0.1) is 0 Å². The molecule has 1 N–H and O–H groups in total. The summed E-state index contributed by atoms with van der Waals surface area (Å²) in [6.07, 6.45) is -7.50. The number of aliphatic hydroxyl groups is 1. The number of benzene rings is 1. The van der Waals surface area contributed by atoms with Crippen LogP contribution >= 0.6 is 23.2 Å². The van der Waals surface area contributed by atoms with Crippen molar-refractivity contribution in [3.05, 3.63) is 27.7 Å². The standard InChI is InChI=1S/C11H9Cl2F3O3/c1-5(17)6-2-3-7(12)9(13)10(6)19-4-8(18)11(14,15)16/h2-3,8,18H,4H2,1H3/t8-/m1/s1. The Kier molecular flexibility index (Phi) is 5.06. The Hall–Kier alpha value is -0.980. The van der Waals surface area contributed by atoms with Crippen molar-refractivity contribution in [3.63, 3.8) is 0 Å². The van der Waals surface area contributed by atoms with Gasteiger partial charge in [0, 0.05) is 0 Å². The summed E-state index contributed by atoms with van der Waals surface area (Å²) in [5, 5.41) is 8.68. The van der Waals surface area contributed by atoms with E-state index in [2.05, 4.69) is 0 Å². The second kappa shape index (κ2) is 5.98. The fraction of sp³-hybridized carbons (Fsp3) is 0.364. The average molecular weight is 317 g/mol. The molecule has 0 fully saturated rings. The molecule has 1 rings (SSSR count). The van der Waals surface area contributed by atoms with Crippen LogP contribution in [0.3, 0.4) is 0 Å². The Morgan fingerprint density at radius 2 is 2.00 bits per heavy atom. The van der Waals surface area contributed by atoms with Crippen molar-refractivity contribution in [1.82, 2.24) is 0 Å². The number of Topliss-reactive ketones (excluding diaryl/α,β-unsaturated/α-hetero) is 1. The molecular formula is C11H9Cl2F3O3. The van der Waals surface area contributed by atoms with E-state index in [0.29, 0.717) is 0 Å². The van der Waals surface area contributed by atoms with E-state index in [0.717, 1.165) is 0 Å². The van der Waals surface area contributed by atoms with E-state index in [1.165, 1.54) is 19.1 Å². The third-order valence-electron chi connectivity index (χ3n) is 2.19. The summed E-state index contributed by atoms with van der Waals surface area (Å²) in [6, 6.07) is 2.61. The van der Waals surface area contributed by atoms with E-state index in [4.69, 9.17) is 33.0 Å². The fourth-order valence-electron chi connectivity index (χ4n) is 1.21. The van der Waals surface area contributed by atoms with Gasteiger partial charge < -0.3 is 9.84 Å². The average Bonchev–Trinajstić information content (AvgIpc) is 2.28. The lowest BCUT2D eigenvalue weighted by Crippen LogP contribution is -2.34. The van der Waals surface area contributed by atoms with Gasteiger partial charge in [-0.25, -0.2) is 0 Å². The maximum atomic E-state index is 12.1. The van der Waals surface area contributed by atoms with Crippen molar-refractivity contribution in [1.29, 1.82) is 0 Å². The summed E-state index contributed by atoms with van der Waals surface area (Å²) < 4.78 is 41.2. The van der Waals surface area contributed by atoms with Crippen LogP contribution in [0.2, 0.25) is 10.0 Å². The molecule has 0 heterocycles. The highest BCUT2D eigenvalue weighted by Gasteiger charge is 2.39. The zero-order chi connectivity index (χ0) is 14.8. The lowest BCUT2D eigenvalue weighted by atomic mass is 10.1. The van der Waals surface area contributed by atoms with Crippen LogP contribution in [-0.2, 0) is 0 Å². The summed E-state index contributed by atoms with van der Waals surface area (Å²) in [6.45, 7) is 0.121. The molecule has 0 radical (unpaired) electrons. The zero-order valence-electron chi connectivity index (χ0n) is 9.59. The monoisotopic (exact) mass is 316 g/mol. The maximum absolute atomic E-state index is 12.1. The first kappa shape index (κ1) is 16.1. The largest absolute Gasteiger partial charge is 0.488 e. The van der Waals surface area contributed by atoms with Gasteiger partial charge in [-0.3, -0.25) is 4.79 Å². The smallest absolute Gasteiger partial charge is 0.417 e. The normalized spacial score (nSPS) is 13.2. The number of carbonyl (C=O) groups excluding carboxylic acids is 1. The molecule has 1 aromatic rings. The van der Waals surface area contributed by atoms with Crippen molar-refractivity contribution in [3.8, 4) is 5.75 Å². The molecule has 0 saturated carbocycles. The molecule has 19 heavy (non-hydrogen) atoms. The SMILES string of the molecule is CC(=O)c1ccc(Cl)c(Cl)c1OC[C@@H](O)C(F)(F)F. The van der Waals surface area contributed by atoms with Crippen LogP contribution in [0.5, 0.6) is 5.75 Å². The molecule has 0 spiro atoms. The first-order chi connectivity index (χ1) is 8.64. The van der Waals surface area contributed by atoms with Gasteiger partial charge >= 0.3 is 6.18 Å². The van der Waals surface area contributed by atoms with Gasteiger partial charge in [0.05, 0.1) is 10.6 Å². The van der Waals surface area contributed by atoms with E-state index in [9.17, 15) is 18.0 Å². The van der Waals surface area contributed by atoms with Crippen molar-refractivity contribution >= 4 is 29.0 Å². The zero-order valence-corrected chi connectivity index (χ0v) is 11.1. The van der Waals surface area contributed by atoms with Gasteiger partial charge in [0.15, 0.2) is 11.9 Å². The van der Waals surface area contributed by atoms with Crippen molar-refractivity contribution in [2.45, 2.75) is 19.2 Å². The predicted octanol–water partition coefficient (Wildman–Crippen LogP) is 3.50. The topological polar surface area (TPSA) is 46.5 Å². The molecule has 3 nitrogen and oxygen atoms in total. The molecule has 0 amide bonds. The molecule has 0 unspecified atom stereocenters. The Morgan fingerprint density at radius 1 is 1.42 bits per heavy atom. The molecule has 0 aliphatic carbocycles. The lowest BCUT2D eigenvalue weighted by molar-refractivity contribution is -0.210. The second-order valence-electron chi connectivity index (χ2n) is 3.66. The van der Waals surface area contributed by atoms with Gasteiger partial charge in [0.1, 0.15) is 17.4 Å². The molecule has 0 aliphatic heterocycles. The number of hydrogen-bond acceptors (Lipinski definition) is 3. The van der Waals surface area contributed by atoms with Crippen molar-refractivity contribution < 1.29 is 27.8 Å². The molecule has 8 heteroatoms. The third-order valence-corrected chi connectivity index (χ3v) is 2.98. The predicted molar refractivity (Wildman–Crippen MR) is 64.0 cm³/mol. The minimum absolute atomic E-state index is 0.0104. The number of aliphatic hydroxyl groups excluding tert-OH is 1. The second-order valence-corrected chi connectivity index (χ2v) is 4.45. The van der Waals surface area contributed by atoms with Gasteiger partial charge in [-0.1, -0.05) is 23.2 Å². The van der Waals surface area contributed by atoms with Crippen molar-refractivity contribution in [2.24, 2.45) is 0 Å². The molecular weight excluding hydrogens is 308 g/mol. The Balaban J connectivity index is 3.00. The number of halogens is 5. The number of ether oxygens (including phenoxy) is 1. The summed E-state index contributed by atoms with van der Waals surface area (Å²) >= 11 is 11.5. The molecule has 0 saturated heterocycles. The fourth-order valence-corrected chi connectivity index (χ4v) is 1.58. The summed E-state index contributed by atoms with van der Waals surface area (Å²) in [7, 11) is 0. The quantitative estimate of drug-likeness (QED) is 0.865. The highest BCUT2D eigenvalue weighted by atomic mass is 35.5. The lowest BCUT2D eigenvalue weighted by Gasteiger charge is -2.17. The molecule has 1 atom stereocenters. The molecule has 1 aromatic carbocycles. The number of alkyl halides is 3. The van der Waals surface area contributed by atoms with E-state index < -0.39 is 24.7 Å². The van der Waals surface area contributed by atoms with Crippen LogP contribution in [0.4, 0.5) is 13.2 Å². The summed E-state index contributed by atoms with van der Waals surface area (Å²) in [5.41, 5.74) is -0.0104. The summed E-state index contributed by atoms with van der Waals surface area (Å²) in [4.78, 5) is 11.3. The van der Waals surface area contributed by atoms with E-state index in [-0.39, 0.29) is 21.4 Å². The number of hydrogen-bond donors (Lipinski definition) is 1. The summed E-state index contributed by atoms with van der Waals surface area (Å²) in [5.74, 6) is -0.722. The number of rotatable bonds is 4. The van der Waals surface area contributed by atoms with E-state index in [1.54, 1.807) is 0 Å². The van der Waals surface area contributed by atoms with Gasteiger partial charge in [0.25, 0.3) is 0 Å². The molecule has 106 valence electrons. The van der Waals surface area contributed by atoms with Gasteiger partial charge in [-0.2, -0.15) is 13.2 Å². The minimum atomic E-state index is -4.82. The molecule has 0 bridgehead atoms. The van der Waals surface area contributed by atoms with Crippen molar-refractivity contribution in [2.75, 3.05) is 6.61 Å². The van der Waals surface area contributed by atoms with E-state index >= 15 is 0 Å². The van der Waals surface area contributed by atoms with Crippen LogP contribution in [0.1, 0.15) is 17.3 Å². The first-order valence-electron chi connectivity index (χ1n) is 5.01. The third kappa shape index (κ3) is 3.99. The molecule has 0 aromatic heterocycles. The highest BCUT2D eigenvalue weighted by molar-refractivity contribution is 6.43. The van der Waals surface area contributed by atoms with Gasteiger partial charge in [0.2, 0.25) is 0 Å². The Morgan fingerprint density at radius 3 is 2.47 bits per heavy atom. The van der Waals surface area contributed by atoms with Crippen LogP contribution in [0.25, 0.3) is 0 Å².